The molecule has 4 bridgehead atoms. The van der Waals surface area contributed by atoms with Crippen molar-refractivity contribution in [2.75, 3.05) is 11.5 Å². The van der Waals surface area contributed by atoms with E-state index in [1.54, 1.807) is 14.0 Å². The maximum atomic E-state index is 15.9. The summed E-state index contributed by atoms with van der Waals surface area (Å²) in [6, 6.07) is 13.1. The molecule has 0 saturated carbocycles. The third-order valence-electron chi connectivity index (χ3n) is 10.2. The van der Waals surface area contributed by atoms with Gasteiger partial charge in [0.25, 0.3) is 0 Å². The number of aryl methyl sites for hydroxylation is 2. The van der Waals surface area contributed by atoms with E-state index in [-0.39, 0.29) is 51.3 Å². The third-order valence-corrected chi connectivity index (χ3v) is 12.2. The molecule has 5 aromatic rings. The highest BCUT2D eigenvalue weighted by atomic mass is 32.2. The normalized spacial score (nSPS) is 19.3. The number of benzene rings is 3. The summed E-state index contributed by atoms with van der Waals surface area (Å²) in [5, 5.41) is 24.1. The van der Waals surface area contributed by atoms with Crippen LogP contribution in [0.5, 0.6) is 11.5 Å². The largest absolute Gasteiger partial charge is 0.481 e. The molecule has 0 saturated heterocycles. The van der Waals surface area contributed by atoms with Gasteiger partial charge in [-0.05, 0) is 67.3 Å². The van der Waals surface area contributed by atoms with Gasteiger partial charge in [0, 0.05) is 24.2 Å². The van der Waals surface area contributed by atoms with Crippen molar-refractivity contribution in [2.24, 2.45) is 18.4 Å². The predicted octanol–water partition coefficient (Wildman–Crippen LogP) is 7.78. The van der Waals surface area contributed by atoms with Gasteiger partial charge in [-0.1, -0.05) is 51.5 Å². The number of sulfone groups is 1. The zero-order valence-corrected chi connectivity index (χ0v) is 30.9. The van der Waals surface area contributed by atoms with Gasteiger partial charge in [0.05, 0.1) is 39.5 Å². The lowest BCUT2D eigenvalue weighted by atomic mass is 9.75. The minimum absolute atomic E-state index is 0.00585. The number of carbonyl (C=O) groups is 1. The highest BCUT2D eigenvalue weighted by Gasteiger charge is 2.36. The smallest absolute Gasteiger partial charge is 0.306 e. The van der Waals surface area contributed by atoms with Crippen LogP contribution in [0.15, 0.2) is 48.7 Å². The molecule has 3 aromatic carbocycles. The number of fused-ring (bicyclic) bond motifs is 8. The average molecular weight is 748 g/mol. The van der Waals surface area contributed by atoms with Crippen molar-refractivity contribution < 1.29 is 36.2 Å². The number of ether oxygens (including phenoxy) is 1. The van der Waals surface area contributed by atoms with E-state index in [0.29, 0.717) is 31.5 Å². The van der Waals surface area contributed by atoms with Crippen LogP contribution in [0.25, 0.3) is 22.3 Å². The number of rotatable bonds is 4. The maximum absolute atomic E-state index is 15.9. The second-order valence-corrected chi connectivity index (χ2v) is 17.1. The van der Waals surface area contributed by atoms with Gasteiger partial charge in [-0.2, -0.15) is 14.8 Å². The Morgan fingerprint density at radius 3 is 2.60 bits per heavy atom. The van der Waals surface area contributed by atoms with E-state index in [4.69, 9.17) is 14.8 Å². The molecule has 0 fully saturated rings. The Balaban J connectivity index is 1.53. The van der Waals surface area contributed by atoms with Crippen molar-refractivity contribution in [1.82, 2.24) is 19.7 Å². The molecule has 2 atom stereocenters. The molecular weight excluding hydrogens is 708 g/mol. The first-order chi connectivity index (χ1) is 24.9. The lowest BCUT2D eigenvalue weighted by Gasteiger charge is -2.31. The maximum Gasteiger partial charge on any atom is 0.306 e. The molecule has 0 amide bonds. The standard InChI is InChI=1S/C39H40F3N5O5S/c1-22(36(48)49)16-23-8-6-9-25(17-23)39(4)14-7-13-38(2,3)21-53(50,51)15-12-27-30-24(19-43)20-44-33(30)31(41)32(42)34(27)52-26-10-11-29(40)28(18-26)35-45-37(39)46-47(35)5/h6,8-11,17-18,20,22,44H,7,12-16,21H2,1-5H3,(H,48,49)/t22-,39-/m1/s1. The van der Waals surface area contributed by atoms with E-state index in [9.17, 15) is 23.6 Å². The van der Waals surface area contributed by atoms with Gasteiger partial charge >= 0.3 is 5.97 Å². The summed E-state index contributed by atoms with van der Waals surface area (Å²) < 4.78 is 81.8. The second-order valence-electron chi connectivity index (χ2n) is 15.0. The Morgan fingerprint density at radius 2 is 1.89 bits per heavy atom. The average Bonchev–Trinajstić information content (AvgIpc) is 3.70. The van der Waals surface area contributed by atoms with E-state index in [2.05, 4.69) is 4.98 Å². The molecule has 0 radical (unpaired) electrons. The lowest BCUT2D eigenvalue weighted by Crippen LogP contribution is -2.29. The Labute approximate surface area is 305 Å². The van der Waals surface area contributed by atoms with Crippen molar-refractivity contribution in [3.05, 3.63) is 94.2 Å². The topological polar surface area (TPSA) is 151 Å². The number of halogens is 3. The number of nitrogens with one attached hydrogen (secondary N) is 1. The number of aliphatic carboxylic acids is 1. The summed E-state index contributed by atoms with van der Waals surface area (Å²) in [6.07, 6.45) is 2.73. The molecule has 1 aliphatic rings. The van der Waals surface area contributed by atoms with Crippen LogP contribution in [0, 0.1) is 40.1 Å². The highest BCUT2D eigenvalue weighted by Crippen LogP contribution is 2.42. The predicted molar refractivity (Wildman–Crippen MR) is 193 cm³/mol. The summed E-state index contributed by atoms with van der Waals surface area (Å²) in [6.45, 7) is 7.29. The van der Waals surface area contributed by atoms with Gasteiger partial charge < -0.3 is 14.8 Å². The molecule has 2 N–H and O–H groups in total. The summed E-state index contributed by atoms with van der Waals surface area (Å²) in [7, 11) is -2.19. The van der Waals surface area contributed by atoms with Crippen LogP contribution < -0.4 is 4.74 Å². The van der Waals surface area contributed by atoms with Crippen LogP contribution in [0.4, 0.5) is 13.2 Å². The summed E-state index contributed by atoms with van der Waals surface area (Å²) >= 11 is 0. The minimum Gasteiger partial charge on any atom is -0.481 e. The van der Waals surface area contributed by atoms with Crippen LogP contribution in [-0.2, 0) is 39.9 Å². The zero-order valence-electron chi connectivity index (χ0n) is 30.1. The first kappa shape index (κ1) is 37.6. The summed E-state index contributed by atoms with van der Waals surface area (Å²) in [5.41, 5.74) is -0.328. The monoisotopic (exact) mass is 747 g/mol. The van der Waals surface area contributed by atoms with Crippen LogP contribution >= 0.6 is 0 Å². The minimum atomic E-state index is -3.80. The van der Waals surface area contributed by atoms with Crippen LogP contribution in [0.1, 0.15) is 75.0 Å². The second kappa shape index (κ2) is 14.0. The molecule has 3 heterocycles. The fourth-order valence-electron chi connectivity index (χ4n) is 7.29. The summed E-state index contributed by atoms with van der Waals surface area (Å²) in [4.78, 5) is 19.1. The number of H-pyrrole nitrogens is 1. The molecule has 2 aromatic heterocycles. The van der Waals surface area contributed by atoms with Crippen LogP contribution in [0.2, 0.25) is 0 Å². The highest BCUT2D eigenvalue weighted by molar-refractivity contribution is 7.91. The van der Waals surface area contributed by atoms with E-state index in [1.807, 2.05) is 51.1 Å². The molecule has 1 aliphatic heterocycles. The number of carboxylic acid groups (broad SMARTS) is 1. The fourth-order valence-corrected chi connectivity index (χ4v) is 9.29. The molecular formula is C39H40F3N5O5S. The van der Waals surface area contributed by atoms with Crippen molar-refractivity contribution in [1.29, 1.82) is 5.26 Å². The third kappa shape index (κ3) is 7.40. The SMILES string of the molecule is C[C@H](Cc1cccc([C@@]2(C)CCCC(C)(C)CS(=O)(=O)CCc3c(c(F)c(F)c4[nH]cc(C#N)c34)Oc3ccc(F)c(c3)-c3nc2nn3C)c1)C(=O)O. The number of aromatic amines is 1. The zero-order chi connectivity index (χ0) is 38.5. The van der Waals surface area contributed by atoms with Crippen molar-refractivity contribution in [3.63, 3.8) is 0 Å². The number of hydrogen-bond acceptors (Lipinski definition) is 7. The Kier molecular flexibility index (Phi) is 9.93. The Hall–Kier alpha value is -5.16. The molecule has 278 valence electrons. The molecule has 6 rings (SSSR count). The van der Waals surface area contributed by atoms with E-state index < -0.39 is 61.5 Å². The van der Waals surface area contributed by atoms with E-state index in [0.717, 1.165) is 17.2 Å². The quantitative estimate of drug-likeness (QED) is 0.189. The molecule has 0 spiro atoms. The fraction of sp³-hybridized carbons (Fsp3) is 0.385. The Bertz CT molecular complexity index is 2400. The van der Waals surface area contributed by atoms with Crippen LogP contribution in [-0.4, -0.2) is 50.7 Å². The van der Waals surface area contributed by atoms with Gasteiger partial charge in [0.1, 0.15) is 17.6 Å². The molecule has 0 unspecified atom stereocenters. The van der Waals surface area contributed by atoms with Gasteiger partial charge in [-0.25, -0.2) is 26.9 Å². The number of nitrogens with zero attached hydrogens (tertiary/aromatic N) is 4. The van der Waals surface area contributed by atoms with Crippen molar-refractivity contribution in [3.8, 4) is 29.0 Å². The number of hydrogen-bond donors (Lipinski definition) is 2. The van der Waals surface area contributed by atoms with Crippen molar-refractivity contribution in [2.45, 2.75) is 65.2 Å². The van der Waals surface area contributed by atoms with Crippen LogP contribution in [0.3, 0.4) is 0 Å². The van der Waals surface area contributed by atoms with E-state index in [1.165, 1.54) is 23.0 Å². The first-order valence-corrected chi connectivity index (χ1v) is 19.1. The van der Waals surface area contributed by atoms with Crippen molar-refractivity contribution >= 4 is 26.7 Å². The number of nitriles is 1. The molecule has 10 nitrogen and oxygen atoms in total. The number of carboxylic acids is 1. The molecule has 53 heavy (non-hydrogen) atoms. The molecule has 0 aliphatic carbocycles. The van der Waals surface area contributed by atoms with E-state index >= 15 is 13.2 Å². The first-order valence-electron chi connectivity index (χ1n) is 17.3. The van der Waals surface area contributed by atoms with Gasteiger partial charge in [0.2, 0.25) is 5.82 Å². The Morgan fingerprint density at radius 1 is 1.13 bits per heavy atom. The van der Waals surface area contributed by atoms with Gasteiger partial charge in [-0.15, -0.1) is 0 Å². The van der Waals surface area contributed by atoms with Gasteiger partial charge in [0.15, 0.2) is 33.1 Å². The number of aromatic nitrogens is 4. The molecule has 14 heteroatoms. The summed E-state index contributed by atoms with van der Waals surface area (Å²) in [5.74, 6) is -5.78. The lowest BCUT2D eigenvalue weighted by molar-refractivity contribution is -0.141. The van der Waals surface area contributed by atoms with Gasteiger partial charge in [-0.3, -0.25) is 4.79 Å².